The van der Waals surface area contributed by atoms with Crippen LogP contribution in [0.4, 0.5) is 0 Å². The average molecular weight is 470 g/mol. The number of nitrogens with one attached hydrogen (secondary N) is 2. The summed E-state index contributed by atoms with van der Waals surface area (Å²) in [6.07, 6.45) is 8.12. The molecule has 5 nitrogen and oxygen atoms in total. The monoisotopic (exact) mass is 470 g/mol. The number of hydrogen-bond donors (Lipinski definition) is 2. The van der Waals surface area contributed by atoms with Crippen molar-refractivity contribution < 1.29 is 4.74 Å². The quantitative estimate of drug-likeness (QED) is 0.355. The van der Waals surface area contributed by atoms with Crippen molar-refractivity contribution in [3.05, 3.63) is 0 Å². The summed E-state index contributed by atoms with van der Waals surface area (Å²) < 4.78 is 5.81. The first-order chi connectivity index (χ1) is 11.2. The number of ether oxygens (including phenoxy) is 1. The zero-order valence-corrected chi connectivity index (χ0v) is 18.6. The van der Waals surface area contributed by atoms with Gasteiger partial charge in [-0.15, -0.1) is 24.0 Å². The van der Waals surface area contributed by atoms with Gasteiger partial charge in [-0.2, -0.15) is 11.8 Å². The summed E-state index contributed by atoms with van der Waals surface area (Å²) in [5.74, 6) is 0.957. The Morgan fingerprint density at radius 1 is 1.29 bits per heavy atom. The molecule has 142 valence electrons. The molecule has 0 saturated carbocycles. The molecule has 2 heterocycles. The number of rotatable bonds is 6. The summed E-state index contributed by atoms with van der Waals surface area (Å²) in [7, 11) is 1.87. The molecule has 0 aromatic rings. The van der Waals surface area contributed by atoms with Crippen molar-refractivity contribution >= 4 is 41.7 Å². The molecule has 2 fully saturated rings. The van der Waals surface area contributed by atoms with Crippen LogP contribution in [0.25, 0.3) is 0 Å². The Labute approximate surface area is 169 Å². The van der Waals surface area contributed by atoms with Crippen LogP contribution in [0.15, 0.2) is 4.99 Å². The zero-order valence-electron chi connectivity index (χ0n) is 15.5. The first-order valence-corrected chi connectivity index (χ1v) is 10.3. The standard InChI is InChI=1S/C17H34N4OS.HI/c1-4-9-21-10-5-15(6-11-21)20-16(18-2)19-14-17(23-3)7-12-22-13-8-17;/h15H,4-14H2,1-3H3,(H2,18,19,20);1H. The predicted octanol–water partition coefficient (Wildman–Crippen LogP) is 2.56. The smallest absolute Gasteiger partial charge is 0.191 e. The van der Waals surface area contributed by atoms with E-state index in [0.717, 1.165) is 38.6 Å². The van der Waals surface area contributed by atoms with Crippen LogP contribution >= 0.6 is 35.7 Å². The number of nitrogens with zero attached hydrogens (tertiary/aromatic N) is 2. The van der Waals surface area contributed by atoms with Gasteiger partial charge in [0.05, 0.1) is 0 Å². The summed E-state index contributed by atoms with van der Waals surface area (Å²) in [5.41, 5.74) is 0. The molecule has 0 unspecified atom stereocenters. The number of piperidine rings is 1. The number of thioether (sulfide) groups is 1. The lowest BCUT2D eigenvalue weighted by Crippen LogP contribution is -2.52. The second kappa shape index (κ2) is 11.8. The fraction of sp³-hybridized carbons (Fsp3) is 0.941. The van der Waals surface area contributed by atoms with Crippen molar-refractivity contribution in [2.24, 2.45) is 4.99 Å². The third kappa shape index (κ3) is 6.88. The van der Waals surface area contributed by atoms with Gasteiger partial charge < -0.3 is 20.3 Å². The highest BCUT2D eigenvalue weighted by Crippen LogP contribution is 2.32. The van der Waals surface area contributed by atoms with E-state index >= 15 is 0 Å². The number of halogens is 1. The van der Waals surface area contributed by atoms with Gasteiger partial charge in [0.15, 0.2) is 5.96 Å². The van der Waals surface area contributed by atoms with Crippen LogP contribution in [-0.4, -0.2) is 74.3 Å². The maximum Gasteiger partial charge on any atom is 0.191 e. The van der Waals surface area contributed by atoms with E-state index in [1.165, 1.54) is 38.9 Å². The second-order valence-corrected chi connectivity index (χ2v) is 7.96. The molecule has 0 spiro atoms. The molecule has 2 aliphatic rings. The zero-order chi connectivity index (χ0) is 16.5. The van der Waals surface area contributed by atoms with Gasteiger partial charge in [-0.05, 0) is 44.9 Å². The van der Waals surface area contributed by atoms with Gasteiger partial charge in [-0.25, -0.2) is 0 Å². The molecule has 0 radical (unpaired) electrons. The molecular weight excluding hydrogens is 435 g/mol. The van der Waals surface area contributed by atoms with Gasteiger partial charge in [-0.1, -0.05) is 6.92 Å². The topological polar surface area (TPSA) is 48.9 Å². The fourth-order valence-corrected chi connectivity index (χ4v) is 4.24. The van der Waals surface area contributed by atoms with Gasteiger partial charge >= 0.3 is 0 Å². The Bertz CT molecular complexity index is 370. The van der Waals surface area contributed by atoms with Gasteiger partial charge in [0.1, 0.15) is 0 Å². The lowest BCUT2D eigenvalue weighted by Gasteiger charge is -2.37. The molecule has 0 aliphatic carbocycles. The molecule has 2 aliphatic heterocycles. The van der Waals surface area contributed by atoms with Gasteiger partial charge in [0, 0.05) is 50.7 Å². The Kier molecular flexibility index (Phi) is 11.0. The van der Waals surface area contributed by atoms with Crippen molar-refractivity contribution in [3.8, 4) is 0 Å². The first-order valence-electron chi connectivity index (χ1n) is 9.04. The van der Waals surface area contributed by atoms with E-state index in [1.54, 1.807) is 0 Å². The Balaban J connectivity index is 0.00000288. The molecule has 0 bridgehead atoms. The van der Waals surface area contributed by atoms with Crippen LogP contribution in [0.5, 0.6) is 0 Å². The second-order valence-electron chi connectivity index (χ2n) is 6.69. The lowest BCUT2D eigenvalue weighted by molar-refractivity contribution is 0.0782. The van der Waals surface area contributed by atoms with E-state index < -0.39 is 0 Å². The molecular formula is C17H35IN4OS. The Morgan fingerprint density at radius 2 is 1.96 bits per heavy atom. The SMILES string of the molecule is CCCN1CCC(NC(=NC)NCC2(SC)CCOCC2)CC1.I. The van der Waals surface area contributed by atoms with Crippen LogP contribution < -0.4 is 10.6 Å². The predicted molar refractivity (Wildman–Crippen MR) is 116 cm³/mol. The molecule has 2 N–H and O–H groups in total. The average Bonchev–Trinajstić information content (AvgIpc) is 2.61. The van der Waals surface area contributed by atoms with E-state index in [0.29, 0.717) is 10.8 Å². The van der Waals surface area contributed by atoms with Crippen LogP contribution in [0.2, 0.25) is 0 Å². The van der Waals surface area contributed by atoms with Crippen LogP contribution in [0.1, 0.15) is 39.0 Å². The molecule has 2 saturated heterocycles. The van der Waals surface area contributed by atoms with Gasteiger partial charge in [0.2, 0.25) is 0 Å². The molecule has 0 aromatic carbocycles. The minimum atomic E-state index is 0. The highest BCUT2D eigenvalue weighted by molar-refractivity contribution is 14.0. The van der Waals surface area contributed by atoms with E-state index in [9.17, 15) is 0 Å². The van der Waals surface area contributed by atoms with E-state index in [4.69, 9.17) is 4.74 Å². The van der Waals surface area contributed by atoms with Crippen molar-refractivity contribution in [2.75, 3.05) is 52.7 Å². The summed E-state index contributed by atoms with van der Waals surface area (Å²) in [6.45, 7) is 8.62. The third-order valence-corrected chi connectivity index (χ3v) is 6.53. The minimum absolute atomic E-state index is 0. The summed E-state index contributed by atoms with van der Waals surface area (Å²) >= 11 is 1.97. The van der Waals surface area contributed by atoms with Crippen LogP contribution in [0.3, 0.4) is 0 Å². The van der Waals surface area contributed by atoms with Crippen molar-refractivity contribution in [3.63, 3.8) is 0 Å². The number of likely N-dealkylation sites (tertiary alicyclic amines) is 1. The van der Waals surface area contributed by atoms with Crippen molar-refractivity contribution in [2.45, 2.75) is 49.8 Å². The van der Waals surface area contributed by atoms with Crippen molar-refractivity contribution in [1.29, 1.82) is 0 Å². The first kappa shape index (κ1) is 22.3. The summed E-state index contributed by atoms with van der Waals surface area (Å²) in [6, 6.07) is 0.550. The third-order valence-electron chi connectivity index (χ3n) is 5.11. The molecule has 2 rings (SSSR count). The highest BCUT2D eigenvalue weighted by Gasteiger charge is 2.32. The van der Waals surface area contributed by atoms with E-state index in [2.05, 4.69) is 33.7 Å². The normalized spacial score (nSPS) is 22.7. The highest BCUT2D eigenvalue weighted by atomic mass is 127. The van der Waals surface area contributed by atoms with E-state index in [1.807, 2.05) is 18.8 Å². The van der Waals surface area contributed by atoms with Crippen LogP contribution in [-0.2, 0) is 4.74 Å². The number of aliphatic imine (C=N–C) groups is 1. The summed E-state index contributed by atoms with van der Waals surface area (Å²) in [5, 5.41) is 7.18. The Morgan fingerprint density at radius 3 is 2.50 bits per heavy atom. The fourth-order valence-electron chi connectivity index (χ4n) is 3.45. The van der Waals surface area contributed by atoms with E-state index in [-0.39, 0.29) is 24.0 Å². The number of guanidine groups is 1. The number of hydrogen-bond acceptors (Lipinski definition) is 4. The summed E-state index contributed by atoms with van der Waals surface area (Å²) in [4.78, 5) is 7.00. The van der Waals surface area contributed by atoms with Crippen LogP contribution in [0, 0.1) is 0 Å². The van der Waals surface area contributed by atoms with Gasteiger partial charge in [-0.3, -0.25) is 4.99 Å². The van der Waals surface area contributed by atoms with Gasteiger partial charge in [0.25, 0.3) is 0 Å². The Hall–Kier alpha value is 0.270. The molecule has 0 amide bonds. The molecule has 0 atom stereocenters. The molecule has 7 heteroatoms. The molecule has 24 heavy (non-hydrogen) atoms. The maximum atomic E-state index is 5.52. The van der Waals surface area contributed by atoms with Crippen molar-refractivity contribution in [1.82, 2.24) is 15.5 Å². The largest absolute Gasteiger partial charge is 0.381 e. The maximum absolute atomic E-state index is 5.52. The minimum Gasteiger partial charge on any atom is -0.381 e. The lowest BCUT2D eigenvalue weighted by atomic mass is 9.99. The molecule has 0 aromatic heterocycles.